The number of carbonyl (C=O) groups is 2. The second-order valence-corrected chi connectivity index (χ2v) is 6.58. The van der Waals surface area contributed by atoms with E-state index in [1.54, 1.807) is 5.32 Å². The van der Waals surface area contributed by atoms with Crippen LogP contribution in [0.1, 0.15) is 44.6 Å². The first kappa shape index (κ1) is 19.4. The van der Waals surface area contributed by atoms with Gasteiger partial charge in [-0.25, -0.2) is 0 Å². The number of benzene rings is 1. The van der Waals surface area contributed by atoms with Crippen LogP contribution in [0.4, 0.5) is 5.69 Å². The monoisotopic (exact) mass is 348 g/mol. The third kappa shape index (κ3) is 6.84. The maximum absolute atomic E-state index is 12.1. The molecule has 0 radical (unpaired) electrons. The van der Waals surface area contributed by atoms with Crippen molar-refractivity contribution in [2.75, 3.05) is 18.5 Å². The van der Waals surface area contributed by atoms with E-state index in [0.717, 1.165) is 38.7 Å². The number of ether oxygens (including phenoxy) is 1. The number of rotatable bonds is 10. The minimum atomic E-state index is -1.22. The van der Waals surface area contributed by atoms with E-state index >= 15 is 0 Å². The predicted molar refractivity (Wildman–Crippen MR) is 92.9 cm³/mol. The Morgan fingerprint density at radius 1 is 1.36 bits per heavy atom. The van der Waals surface area contributed by atoms with Gasteiger partial charge >= 0.3 is 0 Å². The Bertz CT molecular complexity index is 553. The van der Waals surface area contributed by atoms with Gasteiger partial charge in [0.2, 0.25) is 5.91 Å². The van der Waals surface area contributed by atoms with Gasteiger partial charge in [0.15, 0.2) is 0 Å². The Kier molecular flexibility index (Phi) is 7.88. The number of amides is 1. The van der Waals surface area contributed by atoms with Crippen LogP contribution in [0.15, 0.2) is 24.3 Å². The van der Waals surface area contributed by atoms with E-state index in [1.165, 1.54) is 5.56 Å². The van der Waals surface area contributed by atoms with E-state index in [-0.39, 0.29) is 18.4 Å². The lowest BCUT2D eigenvalue weighted by molar-refractivity contribution is -0.687. The molecule has 1 aromatic carbocycles. The molecule has 1 aromatic rings. The standard InChI is InChI=1S/C19H28N2O4/c1-2-3-5-14-7-9-15(10-8-14)21-18(22)12-17(19(23)24)20-13-16-6-4-11-25-16/h7-10,16-17,20H,2-6,11-13H2,1H3,(H,21,22)(H,23,24)/t16-,17+/m0/s1. The van der Waals surface area contributed by atoms with Crippen molar-refractivity contribution >= 4 is 17.6 Å². The van der Waals surface area contributed by atoms with Gasteiger partial charge in [-0.1, -0.05) is 25.5 Å². The van der Waals surface area contributed by atoms with Crippen molar-refractivity contribution in [1.82, 2.24) is 0 Å². The molecule has 1 aliphatic rings. The first-order valence-electron chi connectivity index (χ1n) is 9.13. The zero-order valence-electron chi connectivity index (χ0n) is 14.8. The molecular formula is C19H28N2O4. The summed E-state index contributed by atoms with van der Waals surface area (Å²) in [6, 6.07) is 6.80. The number of aliphatic carboxylic acids is 1. The molecule has 1 saturated heterocycles. The number of carbonyl (C=O) groups excluding carboxylic acids is 2. The molecule has 1 aliphatic heterocycles. The lowest BCUT2D eigenvalue weighted by atomic mass is 10.1. The summed E-state index contributed by atoms with van der Waals surface area (Å²) in [7, 11) is 0. The molecule has 1 heterocycles. The topological polar surface area (TPSA) is 95.1 Å². The van der Waals surface area contributed by atoms with Gasteiger partial charge in [-0.15, -0.1) is 0 Å². The van der Waals surface area contributed by atoms with E-state index in [2.05, 4.69) is 12.2 Å². The number of hydrogen-bond donors (Lipinski definition) is 2. The highest BCUT2D eigenvalue weighted by Gasteiger charge is 2.23. The normalized spacial score (nSPS) is 18.0. The first-order chi connectivity index (χ1) is 12.1. The molecule has 0 aliphatic carbocycles. The molecule has 1 amide bonds. The lowest BCUT2D eigenvalue weighted by Crippen LogP contribution is -2.94. The van der Waals surface area contributed by atoms with Crippen LogP contribution in [-0.4, -0.2) is 37.2 Å². The van der Waals surface area contributed by atoms with Crippen molar-refractivity contribution in [3.8, 4) is 0 Å². The smallest absolute Gasteiger partial charge is 0.230 e. The quantitative estimate of drug-likeness (QED) is 0.632. The molecule has 0 spiro atoms. The van der Waals surface area contributed by atoms with E-state index in [9.17, 15) is 14.7 Å². The molecule has 2 rings (SSSR count). The fourth-order valence-corrected chi connectivity index (χ4v) is 2.96. The maximum Gasteiger partial charge on any atom is 0.230 e. The summed E-state index contributed by atoms with van der Waals surface area (Å²) < 4.78 is 5.48. The van der Waals surface area contributed by atoms with Gasteiger partial charge in [0.1, 0.15) is 18.7 Å². The van der Waals surface area contributed by atoms with E-state index in [0.29, 0.717) is 12.2 Å². The van der Waals surface area contributed by atoms with Crippen molar-refractivity contribution in [1.29, 1.82) is 0 Å². The summed E-state index contributed by atoms with van der Waals surface area (Å²) in [5.41, 5.74) is 1.92. The zero-order chi connectivity index (χ0) is 18.1. The highest BCUT2D eigenvalue weighted by Crippen LogP contribution is 2.12. The number of anilines is 1. The number of carboxylic acids is 1. The van der Waals surface area contributed by atoms with Crippen molar-refractivity contribution in [3.05, 3.63) is 29.8 Å². The second-order valence-electron chi connectivity index (χ2n) is 6.58. The number of nitrogens with two attached hydrogens (primary N) is 1. The molecule has 6 nitrogen and oxygen atoms in total. The van der Waals surface area contributed by atoms with Crippen molar-refractivity contribution < 1.29 is 24.7 Å². The summed E-state index contributed by atoms with van der Waals surface area (Å²) in [4.78, 5) is 23.4. The zero-order valence-corrected chi connectivity index (χ0v) is 14.8. The average Bonchev–Trinajstić information content (AvgIpc) is 3.11. The van der Waals surface area contributed by atoms with Gasteiger partial charge in [-0.05, 0) is 43.4 Å². The van der Waals surface area contributed by atoms with Crippen LogP contribution < -0.4 is 15.7 Å². The van der Waals surface area contributed by atoms with Crippen LogP contribution in [-0.2, 0) is 20.7 Å². The molecule has 138 valence electrons. The summed E-state index contributed by atoms with van der Waals surface area (Å²) in [5.74, 6) is -1.54. The van der Waals surface area contributed by atoms with Gasteiger partial charge in [-0.2, -0.15) is 0 Å². The predicted octanol–water partition coefficient (Wildman–Crippen LogP) is 0.219. The highest BCUT2D eigenvalue weighted by molar-refractivity contribution is 5.93. The minimum absolute atomic E-state index is 0.0700. The van der Waals surface area contributed by atoms with Crippen molar-refractivity contribution in [2.24, 2.45) is 0 Å². The summed E-state index contributed by atoms with van der Waals surface area (Å²) in [6.45, 7) is 3.42. The minimum Gasteiger partial charge on any atom is -0.544 e. The van der Waals surface area contributed by atoms with Crippen molar-refractivity contribution in [3.63, 3.8) is 0 Å². The van der Waals surface area contributed by atoms with Gasteiger partial charge in [0.05, 0.1) is 12.4 Å². The number of quaternary nitrogens is 1. The molecule has 0 bridgehead atoms. The van der Waals surface area contributed by atoms with Gasteiger partial charge in [-0.3, -0.25) is 4.79 Å². The van der Waals surface area contributed by atoms with Gasteiger partial charge in [0, 0.05) is 12.3 Å². The molecule has 1 fully saturated rings. The highest BCUT2D eigenvalue weighted by atomic mass is 16.5. The van der Waals surface area contributed by atoms with E-state index in [4.69, 9.17) is 4.74 Å². The van der Waals surface area contributed by atoms with Crippen LogP contribution in [0.25, 0.3) is 0 Å². The number of unbranched alkanes of at least 4 members (excludes halogenated alkanes) is 1. The lowest BCUT2D eigenvalue weighted by Gasteiger charge is -2.18. The second kappa shape index (κ2) is 10.2. The van der Waals surface area contributed by atoms with E-state index in [1.807, 2.05) is 24.3 Å². The molecule has 0 aromatic heterocycles. The van der Waals surface area contributed by atoms with Crippen molar-refractivity contribution in [2.45, 2.75) is 57.6 Å². The Hall–Kier alpha value is -1.92. The number of carboxylic acid groups (broad SMARTS) is 1. The number of nitrogens with one attached hydrogen (secondary N) is 1. The summed E-state index contributed by atoms with van der Waals surface area (Å²) in [6.07, 6.45) is 5.20. The SMILES string of the molecule is CCCCc1ccc(NC(=O)C[C@@H]([NH2+]C[C@@H]2CCCO2)C(=O)[O-])cc1. The first-order valence-corrected chi connectivity index (χ1v) is 9.13. The molecule has 0 unspecified atom stereocenters. The average molecular weight is 348 g/mol. The number of hydrogen-bond acceptors (Lipinski definition) is 4. The number of aryl methyl sites for hydroxylation is 1. The summed E-state index contributed by atoms with van der Waals surface area (Å²) in [5, 5.41) is 15.7. The van der Waals surface area contributed by atoms with Crippen LogP contribution >= 0.6 is 0 Å². The van der Waals surface area contributed by atoms with Gasteiger partial charge in [0.25, 0.3) is 0 Å². The fraction of sp³-hybridized carbons (Fsp3) is 0.579. The van der Waals surface area contributed by atoms with Crippen LogP contribution in [0.3, 0.4) is 0 Å². The Morgan fingerprint density at radius 2 is 2.12 bits per heavy atom. The molecule has 2 atom stereocenters. The molecule has 6 heteroatoms. The summed E-state index contributed by atoms with van der Waals surface area (Å²) >= 11 is 0. The van der Waals surface area contributed by atoms with E-state index < -0.39 is 12.0 Å². The van der Waals surface area contributed by atoms with Crippen LogP contribution in [0.2, 0.25) is 0 Å². The Labute approximate surface area is 149 Å². The molecule has 25 heavy (non-hydrogen) atoms. The molecular weight excluding hydrogens is 320 g/mol. The van der Waals surface area contributed by atoms with Gasteiger partial charge < -0.3 is 25.3 Å². The molecule has 0 saturated carbocycles. The Balaban J connectivity index is 1.80. The maximum atomic E-state index is 12.1. The third-order valence-electron chi connectivity index (χ3n) is 4.47. The molecule has 3 N–H and O–H groups in total. The third-order valence-corrected chi connectivity index (χ3v) is 4.47. The fourth-order valence-electron chi connectivity index (χ4n) is 2.96. The largest absolute Gasteiger partial charge is 0.544 e. The van der Waals surface area contributed by atoms with Crippen LogP contribution in [0.5, 0.6) is 0 Å². The Morgan fingerprint density at radius 3 is 2.72 bits per heavy atom. The van der Waals surface area contributed by atoms with Crippen LogP contribution in [0, 0.1) is 0 Å².